The van der Waals surface area contributed by atoms with E-state index in [0.29, 0.717) is 19.3 Å². The second-order valence-electron chi connectivity index (χ2n) is 9.18. The molecule has 2 aromatic heterocycles. The van der Waals surface area contributed by atoms with Gasteiger partial charge in [0.25, 0.3) is 0 Å². The molecule has 2 N–H and O–H groups in total. The van der Waals surface area contributed by atoms with Crippen molar-refractivity contribution in [2.45, 2.75) is 69.9 Å². The summed E-state index contributed by atoms with van der Waals surface area (Å²) in [6, 6.07) is 6.93. The lowest BCUT2D eigenvalue weighted by atomic mass is 9.79. The summed E-state index contributed by atoms with van der Waals surface area (Å²) in [5, 5.41) is 13.2. The molecular formula is C24H33N3O3S. The van der Waals surface area contributed by atoms with E-state index in [1.165, 1.54) is 16.0 Å². The molecule has 5 heterocycles. The van der Waals surface area contributed by atoms with E-state index in [-0.39, 0.29) is 11.6 Å². The molecule has 0 aliphatic carbocycles. The first-order valence-electron chi connectivity index (χ1n) is 11.5. The van der Waals surface area contributed by atoms with Crippen molar-refractivity contribution < 1.29 is 14.6 Å². The van der Waals surface area contributed by atoms with Gasteiger partial charge in [-0.15, -0.1) is 11.3 Å². The minimum atomic E-state index is -0.470. The quantitative estimate of drug-likeness (QED) is 0.739. The first-order valence-corrected chi connectivity index (χ1v) is 12.4. The fourth-order valence-corrected chi connectivity index (χ4v) is 6.40. The van der Waals surface area contributed by atoms with Crippen molar-refractivity contribution in [3.63, 3.8) is 0 Å². The lowest BCUT2D eigenvalue weighted by Crippen LogP contribution is -2.50. The van der Waals surface area contributed by atoms with E-state index in [9.17, 15) is 5.11 Å². The molecule has 31 heavy (non-hydrogen) atoms. The van der Waals surface area contributed by atoms with Crippen molar-refractivity contribution in [1.82, 2.24) is 9.88 Å². The molecule has 0 amide bonds. The fraction of sp³-hybridized carbons (Fsp3) is 0.625. The molecule has 1 spiro atoms. The van der Waals surface area contributed by atoms with Gasteiger partial charge in [0, 0.05) is 41.5 Å². The van der Waals surface area contributed by atoms with Gasteiger partial charge in [-0.05, 0) is 49.4 Å². The van der Waals surface area contributed by atoms with Crippen LogP contribution in [0.4, 0.5) is 5.82 Å². The third kappa shape index (κ3) is 4.26. The molecule has 0 bridgehead atoms. The lowest BCUT2D eigenvalue weighted by molar-refractivity contribution is -0.112. The Kier molecular flexibility index (Phi) is 6.05. The summed E-state index contributed by atoms with van der Waals surface area (Å²) in [5.74, 6) is 0.788. The maximum Gasteiger partial charge on any atom is 0.126 e. The summed E-state index contributed by atoms with van der Waals surface area (Å²) < 4.78 is 11.8. The number of hydrogen-bond acceptors (Lipinski definition) is 7. The van der Waals surface area contributed by atoms with Gasteiger partial charge in [-0.2, -0.15) is 0 Å². The van der Waals surface area contributed by atoms with E-state index in [0.717, 1.165) is 51.2 Å². The SMILES string of the molecule is CCc1cc2c(s1)CCO[C@@]21CCN(Cc2ccc(N[C@H]3COC[C@@H]3O)nc2)[C@@H](C)C1. The number of nitrogens with zero attached hydrogens (tertiary/aromatic N) is 2. The highest BCUT2D eigenvalue weighted by atomic mass is 32.1. The van der Waals surface area contributed by atoms with E-state index in [1.54, 1.807) is 4.88 Å². The molecule has 2 saturated heterocycles. The maximum absolute atomic E-state index is 9.90. The average molecular weight is 444 g/mol. The monoisotopic (exact) mass is 443 g/mol. The second kappa shape index (κ2) is 8.79. The van der Waals surface area contributed by atoms with Crippen LogP contribution in [-0.4, -0.2) is 59.5 Å². The van der Waals surface area contributed by atoms with Crippen LogP contribution in [0, 0.1) is 0 Å². The van der Waals surface area contributed by atoms with Gasteiger partial charge in [0.15, 0.2) is 0 Å². The smallest absolute Gasteiger partial charge is 0.126 e. The first kappa shape index (κ1) is 21.3. The highest BCUT2D eigenvalue weighted by Crippen LogP contribution is 2.46. The van der Waals surface area contributed by atoms with Gasteiger partial charge >= 0.3 is 0 Å². The Labute approximate surface area is 188 Å². The molecule has 168 valence electrons. The Morgan fingerprint density at radius 2 is 2.26 bits per heavy atom. The third-order valence-corrected chi connectivity index (χ3v) is 8.39. The number of aliphatic hydroxyl groups excluding tert-OH is 1. The van der Waals surface area contributed by atoms with Gasteiger partial charge < -0.3 is 19.9 Å². The number of rotatable bonds is 5. The minimum Gasteiger partial charge on any atom is -0.388 e. The van der Waals surface area contributed by atoms with E-state index in [1.807, 2.05) is 23.6 Å². The van der Waals surface area contributed by atoms with Crippen molar-refractivity contribution in [3.05, 3.63) is 45.3 Å². The van der Waals surface area contributed by atoms with Gasteiger partial charge in [0.05, 0.1) is 37.6 Å². The molecule has 0 unspecified atom stereocenters. The van der Waals surface area contributed by atoms with Gasteiger partial charge in [0.1, 0.15) is 5.82 Å². The number of likely N-dealkylation sites (tertiary alicyclic amines) is 1. The Bertz CT molecular complexity index is 902. The number of aryl methyl sites for hydroxylation is 1. The zero-order valence-electron chi connectivity index (χ0n) is 18.5. The molecule has 4 atom stereocenters. The minimum absolute atomic E-state index is 0.0811. The van der Waals surface area contributed by atoms with Gasteiger partial charge in [0.2, 0.25) is 0 Å². The van der Waals surface area contributed by atoms with E-state index in [2.05, 4.69) is 41.2 Å². The number of aromatic nitrogens is 1. The molecule has 6 nitrogen and oxygen atoms in total. The summed E-state index contributed by atoms with van der Waals surface area (Å²) in [7, 11) is 0. The molecular weight excluding hydrogens is 410 g/mol. The number of nitrogens with one attached hydrogen (secondary N) is 1. The summed E-state index contributed by atoms with van der Waals surface area (Å²) in [5.41, 5.74) is 2.59. The number of anilines is 1. The first-order chi connectivity index (χ1) is 15.1. The lowest BCUT2D eigenvalue weighted by Gasteiger charge is -2.47. The fourth-order valence-electron chi connectivity index (χ4n) is 5.22. The van der Waals surface area contributed by atoms with Crippen molar-refractivity contribution in [2.24, 2.45) is 0 Å². The molecule has 3 aliphatic heterocycles. The number of thiophene rings is 1. The Morgan fingerprint density at radius 1 is 1.35 bits per heavy atom. The van der Waals surface area contributed by atoms with Crippen LogP contribution in [0.5, 0.6) is 0 Å². The van der Waals surface area contributed by atoms with E-state index < -0.39 is 6.10 Å². The Balaban J connectivity index is 1.22. The molecule has 2 fully saturated rings. The van der Waals surface area contributed by atoms with Crippen LogP contribution in [-0.2, 0) is 34.5 Å². The average Bonchev–Trinajstić information content (AvgIpc) is 3.38. The molecule has 3 aliphatic rings. The van der Waals surface area contributed by atoms with Gasteiger partial charge in [-0.1, -0.05) is 13.0 Å². The Hall–Kier alpha value is -1.51. The molecule has 0 saturated carbocycles. The maximum atomic E-state index is 9.90. The van der Waals surface area contributed by atoms with Crippen molar-refractivity contribution >= 4 is 17.2 Å². The van der Waals surface area contributed by atoms with Crippen molar-refractivity contribution in [2.75, 3.05) is 31.7 Å². The van der Waals surface area contributed by atoms with Crippen LogP contribution in [0.3, 0.4) is 0 Å². The molecule has 7 heteroatoms. The number of piperidine rings is 1. The standard InChI is InChI=1S/C24H33N3O3S/c1-3-18-10-19-22(31-18)6-9-30-24(19)7-8-27(16(2)11-24)13-17-4-5-23(25-12-17)26-20-14-29-15-21(20)28/h4-5,10,12,16,20-21,28H,3,6-9,11,13-15H2,1-2H3,(H,25,26)/t16-,20-,21-,24+/m0/s1. The normalized spacial score (nSPS) is 31.1. The highest BCUT2D eigenvalue weighted by molar-refractivity contribution is 7.12. The van der Waals surface area contributed by atoms with Crippen LogP contribution < -0.4 is 5.32 Å². The summed E-state index contributed by atoms with van der Waals surface area (Å²) in [6.07, 6.45) is 5.75. The number of fused-ring (bicyclic) bond motifs is 2. The molecule has 5 rings (SSSR count). The number of aliphatic hydroxyl groups is 1. The van der Waals surface area contributed by atoms with Crippen molar-refractivity contribution in [3.8, 4) is 0 Å². The van der Waals surface area contributed by atoms with Crippen molar-refractivity contribution in [1.29, 1.82) is 0 Å². The summed E-state index contributed by atoms with van der Waals surface area (Å²) in [4.78, 5) is 10.2. The highest BCUT2D eigenvalue weighted by Gasteiger charge is 2.44. The molecule has 0 radical (unpaired) electrons. The van der Waals surface area contributed by atoms with E-state index >= 15 is 0 Å². The largest absolute Gasteiger partial charge is 0.388 e. The summed E-state index contributed by atoms with van der Waals surface area (Å²) in [6.45, 7) is 8.26. The predicted molar refractivity (Wildman–Crippen MR) is 123 cm³/mol. The van der Waals surface area contributed by atoms with Crippen LogP contribution in [0.15, 0.2) is 24.4 Å². The van der Waals surface area contributed by atoms with E-state index in [4.69, 9.17) is 9.47 Å². The van der Waals surface area contributed by atoms with Crippen LogP contribution in [0.2, 0.25) is 0 Å². The van der Waals surface area contributed by atoms with Crippen LogP contribution in [0.25, 0.3) is 0 Å². The topological polar surface area (TPSA) is 66.9 Å². The number of hydrogen-bond donors (Lipinski definition) is 2. The zero-order chi connectivity index (χ0) is 21.4. The third-order valence-electron chi connectivity index (χ3n) is 7.05. The van der Waals surface area contributed by atoms with Gasteiger partial charge in [-0.3, -0.25) is 4.90 Å². The summed E-state index contributed by atoms with van der Waals surface area (Å²) >= 11 is 1.99. The van der Waals surface area contributed by atoms with Crippen LogP contribution >= 0.6 is 11.3 Å². The second-order valence-corrected chi connectivity index (χ2v) is 10.4. The predicted octanol–water partition coefficient (Wildman–Crippen LogP) is 3.33. The van der Waals surface area contributed by atoms with Gasteiger partial charge in [-0.25, -0.2) is 4.98 Å². The number of pyridine rings is 1. The number of ether oxygens (including phenoxy) is 2. The Morgan fingerprint density at radius 3 is 2.97 bits per heavy atom. The molecule has 0 aromatic carbocycles. The van der Waals surface area contributed by atoms with Crippen LogP contribution in [0.1, 0.15) is 47.6 Å². The molecule has 2 aromatic rings. The zero-order valence-corrected chi connectivity index (χ0v) is 19.3.